The number of para-hydroxylation sites is 2. The zero-order valence-corrected chi connectivity index (χ0v) is 64.1. The number of nitrogens with zero attached hydrogens (tertiary/aromatic N) is 17. The van der Waals surface area contributed by atoms with Crippen LogP contribution in [0.1, 0.15) is 5.56 Å². The number of piperazine rings is 4. The molecule has 1 atom stereocenters. The van der Waals surface area contributed by atoms with Crippen molar-refractivity contribution in [2.24, 2.45) is 0 Å². The Bertz CT molecular complexity index is 6350. The second-order valence-electron chi connectivity index (χ2n) is 28.4. The Hall–Kier alpha value is -12.0. The molecule has 0 radical (unpaired) electrons. The number of pyridine rings is 6. The predicted octanol–water partition coefficient (Wildman–Crippen LogP) is 8.99. The van der Waals surface area contributed by atoms with Gasteiger partial charge in [0.05, 0.1) is 73.4 Å². The van der Waals surface area contributed by atoms with Crippen molar-refractivity contribution in [3.8, 4) is 43.7 Å². The van der Waals surface area contributed by atoms with Gasteiger partial charge in [0, 0.05) is 164 Å². The standard InChI is InChI=1S/C22H22N4O4S.C21H21N5O2.C21H20N4O3S.C19H17N5O2/c27-13-15(28)12-25-7-9-26(10-8-25)19-6-5-14-11-16(22(29)30-20(14)24-19)21-23-17-3-1-2-4-18(17)31-21;1-14-3-5-18-22-17(13-26(18)12-14)16-11-15-4-6-19(23-20(15)28-21(16)27)25-9-7-24(2)8-10-25;26-12-11-24-7-9-25(10-8-24)18-6-5-14-13-15(21(27)28-19(14)23-18)20-22-16-3-1-2-4-17(16)29-20;25-19-14(15-12-24-8-2-1-3-16(24)21-15)11-13-4-5-17(22-18(13)26-19)23-9-6-20-7-10-23/h1-6,11,15,27-28H,7-10,12-13H2;3-6,11-13H,7-10H2,1-2H3;1-6,13,26H,7-12H2;1-5,8,11-12,20H,6-7,9-10H2. The van der Waals surface area contributed by atoms with E-state index in [0.29, 0.717) is 79.6 Å². The summed E-state index contributed by atoms with van der Waals surface area (Å²) in [5, 5.41) is 35.4. The Morgan fingerprint density at radius 1 is 0.430 bits per heavy atom. The fraction of sp³-hybridized carbons (Fsp3) is 0.277. The number of fused-ring (bicyclic) bond motifs is 8. The molecule has 4 saturated heterocycles. The lowest BCUT2D eigenvalue weighted by Crippen LogP contribution is -2.49. The lowest BCUT2D eigenvalue weighted by atomic mass is 10.2. The molecule has 0 bridgehead atoms. The van der Waals surface area contributed by atoms with Crippen LogP contribution in [0.15, 0.2) is 213 Å². The van der Waals surface area contributed by atoms with Crippen LogP contribution in [-0.4, -0.2) is 223 Å². The summed E-state index contributed by atoms with van der Waals surface area (Å²) in [6.07, 6.45) is 6.85. The highest BCUT2D eigenvalue weighted by Crippen LogP contribution is 2.34. The first-order chi connectivity index (χ1) is 55.6. The van der Waals surface area contributed by atoms with E-state index in [1.165, 1.54) is 22.7 Å². The van der Waals surface area contributed by atoms with Gasteiger partial charge in [0.25, 0.3) is 0 Å². The monoisotopic (exact) mass is 1570 g/mol. The highest BCUT2D eigenvalue weighted by atomic mass is 32.1. The van der Waals surface area contributed by atoms with Crippen molar-refractivity contribution in [3.05, 3.63) is 224 Å². The second kappa shape index (κ2) is 33.0. The minimum absolute atomic E-state index is 0.177. The van der Waals surface area contributed by atoms with Crippen molar-refractivity contribution in [1.29, 1.82) is 0 Å². The summed E-state index contributed by atoms with van der Waals surface area (Å²) < 4.78 is 28.1. The number of hydrogen-bond acceptors (Lipinski definition) is 29. The molecule has 31 heteroatoms. The van der Waals surface area contributed by atoms with Gasteiger partial charge in [-0.2, -0.15) is 19.9 Å². The van der Waals surface area contributed by atoms with Crippen molar-refractivity contribution in [2.75, 3.05) is 158 Å². The molecule has 0 amide bonds. The van der Waals surface area contributed by atoms with Crippen LogP contribution in [0.3, 0.4) is 0 Å². The molecule has 0 saturated carbocycles. The quantitative estimate of drug-likeness (QED) is 0.0836. The van der Waals surface area contributed by atoms with Crippen molar-refractivity contribution < 1.29 is 33.0 Å². The van der Waals surface area contributed by atoms with E-state index in [9.17, 15) is 24.3 Å². The van der Waals surface area contributed by atoms with Gasteiger partial charge in [0.15, 0.2) is 0 Å². The Labute approximate surface area is 658 Å². The number of aliphatic hydroxyl groups excluding tert-OH is 3. The largest absolute Gasteiger partial charge is 0.403 e. The van der Waals surface area contributed by atoms with Gasteiger partial charge in [-0.25, -0.2) is 39.1 Å². The predicted molar refractivity (Wildman–Crippen MR) is 444 cm³/mol. The maximum absolute atomic E-state index is 12.7. The highest BCUT2D eigenvalue weighted by molar-refractivity contribution is 7.22. The Morgan fingerprint density at radius 3 is 1.30 bits per heavy atom. The van der Waals surface area contributed by atoms with Crippen LogP contribution < -0.4 is 47.4 Å². The fourth-order valence-corrected chi connectivity index (χ4v) is 16.3. The van der Waals surface area contributed by atoms with Crippen molar-refractivity contribution in [1.82, 2.24) is 68.7 Å². The molecule has 14 aromatic heterocycles. The van der Waals surface area contributed by atoms with Gasteiger partial charge in [-0.1, -0.05) is 36.4 Å². The minimum Gasteiger partial charge on any atom is -0.403 e. The first-order valence-corrected chi connectivity index (χ1v) is 39.4. The molecule has 580 valence electrons. The van der Waals surface area contributed by atoms with E-state index in [4.69, 9.17) is 27.9 Å². The van der Waals surface area contributed by atoms with Gasteiger partial charge in [-0.05, 0) is 135 Å². The Morgan fingerprint density at radius 2 is 0.842 bits per heavy atom. The third kappa shape index (κ3) is 16.3. The number of benzene rings is 2. The molecule has 4 aliphatic rings. The molecular weight excluding hydrogens is 1490 g/mol. The Kier molecular flexibility index (Phi) is 21.6. The second-order valence-corrected chi connectivity index (χ2v) is 30.5. The molecule has 0 spiro atoms. The summed E-state index contributed by atoms with van der Waals surface area (Å²) in [5.74, 6) is 3.24. The average Bonchev–Trinajstić information content (AvgIpc) is 1.45. The maximum atomic E-state index is 12.7. The van der Waals surface area contributed by atoms with E-state index in [-0.39, 0.29) is 13.2 Å². The average molecular weight is 1570 g/mol. The summed E-state index contributed by atoms with van der Waals surface area (Å²) in [4.78, 5) is 102. The maximum Gasteiger partial charge on any atom is 0.347 e. The van der Waals surface area contributed by atoms with Gasteiger partial charge in [0.2, 0.25) is 22.9 Å². The van der Waals surface area contributed by atoms with Crippen molar-refractivity contribution >= 4 is 122 Å². The zero-order chi connectivity index (χ0) is 77.9. The number of imidazole rings is 2. The number of β-amino-alcohol motifs (C(OH)–C–C–N with tert-alkyl or cyclic N) is 2. The number of thiazole rings is 2. The van der Waals surface area contributed by atoms with E-state index in [0.717, 1.165) is 187 Å². The molecule has 18 heterocycles. The molecular formula is C83H80N18O11S2. The summed E-state index contributed by atoms with van der Waals surface area (Å²) in [5.41, 5.74) is 7.11. The van der Waals surface area contributed by atoms with Crippen molar-refractivity contribution in [3.63, 3.8) is 0 Å². The number of aromatic nitrogens is 10. The number of nitrogens with one attached hydrogen (secondary N) is 1. The first kappa shape index (κ1) is 74.7. The topological polar surface area (TPSA) is 328 Å². The van der Waals surface area contributed by atoms with Crippen LogP contribution >= 0.6 is 22.7 Å². The molecule has 114 heavy (non-hydrogen) atoms. The van der Waals surface area contributed by atoms with Gasteiger partial charge < -0.3 is 71.6 Å². The number of rotatable bonds is 13. The van der Waals surface area contributed by atoms with Crippen LogP contribution in [0, 0.1) is 6.92 Å². The number of aliphatic hydroxyl groups is 3. The van der Waals surface area contributed by atoms with E-state index < -0.39 is 28.6 Å². The zero-order valence-electron chi connectivity index (χ0n) is 62.5. The fourth-order valence-electron chi connectivity index (χ4n) is 14.4. The smallest absolute Gasteiger partial charge is 0.347 e. The van der Waals surface area contributed by atoms with E-state index >= 15 is 0 Å². The van der Waals surface area contributed by atoms with E-state index in [1.54, 1.807) is 12.1 Å². The number of aryl methyl sites for hydroxylation is 1. The Balaban J connectivity index is 0.000000110. The van der Waals surface area contributed by atoms with Gasteiger partial charge in [0.1, 0.15) is 44.6 Å². The minimum atomic E-state index is -0.718. The summed E-state index contributed by atoms with van der Waals surface area (Å²) in [6, 6.07) is 48.1. The summed E-state index contributed by atoms with van der Waals surface area (Å²) >= 11 is 2.95. The van der Waals surface area contributed by atoms with Gasteiger partial charge in [-0.15, -0.1) is 22.7 Å². The summed E-state index contributed by atoms with van der Waals surface area (Å²) in [6.45, 7) is 17.0. The third-order valence-corrected chi connectivity index (χ3v) is 22.8. The van der Waals surface area contributed by atoms with Crippen LogP contribution in [0.25, 0.3) is 120 Å². The third-order valence-electron chi connectivity index (χ3n) is 20.7. The number of anilines is 4. The van der Waals surface area contributed by atoms with Crippen LogP contribution in [0.4, 0.5) is 23.3 Å². The van der Waals surface area contributed by atoms with Crippen LogP contribution in [0.2, 0.25) is 0 Å². The molecule has 4 aliphatic heterocycles. The molecule has 20 rings (SSSR count). The van der Waals surface area contributed by atoms with Gasteiger partial charge in [-0.3, -0.25) is 9.80 Å². The van der Waals surface area contributed by atoms with Gasteiger partial charge >= 0.3 is 22.5 Å². The summed E-state index contributed by atoms with van der Waals surface area (Å²) in [7, 11) is 2.12. The molecule has 4 fully saturated rings. The number of hydrogen-bond donors (Lipinski definition) is 4. The normalized spacial score (nSPS) is 15.6. The highest BCUT2D eigenvalue weighted by Gasteiger charge is 2.25. The first-order valence-electron chi connectivity index (χ1n) is 37.8. The van der Waals surface area contributed by atoms with Crippen LogP contribution in [-0.2, 0) is 0 Å². The van der Waals surface area contributed by atoms with Crippen LogP contribution in [0.5, 0.6) is 0 Å². The molecule has 16 aromatic rings. The molecule has 4 N–H and O–H groups in total. The number of likely N-dealkylation sites (N-methyl/N-ethyl adjacent to an activating group) is 1. The van der Waals surface area contributed by atoms with E-state index in [1.807, 2.05) is 180 Å². The lowest BCUT2D eigenvalue weighted by molar-refractivity contribution is 0.0574. The SMILES string of the molecule is Cc1ccc2nc(-c3cc4ccc(N5CCN(C)CC5)nc4oc3=O)cn2c1.O=c1oc2nc(N3CCN(CC(O)CO)CC3)ccc2cc1-c1nc2ccccc2s1.O=c1oc2nc(N3CCN(CCO)CC3)ccc2cc1-c1nc2ccccc2s1.O=c1oc2nc(N3CCNCC3)ccc2cc1-c1cn2ccccc2n1. The van der Waals surface area contributed by atoms with E-state index in [2.05, 4.69) is 86.5 Å². The lowest BCUT2D eigenvalue weighted by Gasteiger charge is -2.36. The molecule has 29 nitrogen and oxygen atoms in total. The molecule has 2 aromatic carbocycles. The molecule has 1 unspecified atom stereocenters. The van der Waals surface area contributed by atoms with Crippen molar-refractivity contribution in [2.45, 2.75) is 13.0 Å². The molecule has 0 aliphatic carbocycles.